The molecule has 17 heavy (non-hydrogen) atoms. The Kier molecular flexibility index (Phi) is 4.20. The van der Waals surface area contributed by atoms with E-state index in [-0.39, 0.29) is 0 Å². The molecule has 1 heterocycles. The molecule has 2 rings (SSSR count). The molecule has 0 aliphatic rings. The Balaban J connectivity index is 2.32. The topological polar surface area (TPSA) is 21.3 Å². The predicted octanol–water partition coefficient (Wildman–Crippen LogP) is 3.91. The van der Waals surface area contributed by atoms with Crippen molar-refractivity contribution >= 4 is 27.3 Å². The molecule has 1 aromatic heterocycles. The van der Waals surface area contributed by atoms with Gasteiger partial charge in [-0.05, 0) is 52.8 Å². The number of rotatable bonds is 4. The van der Waals surface area contributed by atoms with Crippen molar-refractivity contribution in [3.63, 3.8) is 0 Å². The SMILES string of the molecule is CNCc1ccc(-c2ccc(Br)c(OC)c2)s1. The first-order valence-electron chi connectivity index (χ1n) is 5.32. The van der Waals surface area contributed by atoms with E-state index in [0.29, 0.717) is 0 Å². The molecule has 2 nitrogen and oxygen atoms in total. The molecule has 0 bridgehead atoms. The average molecular weight is 312 g/mol. The van der Waals surface area contributed by atoms with Crippen molar-refractivity contribution in [3.8, 4) is 16.2 Å². The highest BCUT2D eigenvalue weighted by Gasteiger charge is 2.06. The highest BCUT2D eigenvalue weighted by atomic mass is 79.9. The van der Waals surface area contributed by atoms with Crippen LogP contribution in [0.5, 0.6) is 5.75 Å². The fourth-order valence-electron chi connectivity index (χ4n) is 1.62. The van der Waals surface area contributed by atoms with Crippen molar-refractivity contribution in [3.05, 3.63) is 39.7 Å². The van der Waals surface area contributed by atoms with Crippen LogP contribution in [0.2, 0.25) is 0 Å². The van der Waals surface area contributed by atoms with E-state index in [1.807, 2.05) is 13.1 Å². The fourth-order valence-corrected chi connectivity index (χ4v) is 3.04. The lowest BCUT2D eigenvalue weighted by atomic mass is 10.2. The summed E-state index contributed by atoms with van der Waals surface area (Å²) in [5.41, 5.74) is 1.19. The molecular formula is C13H14BrNOS. The van der Waals surface area contributed by atoms with Crippen molar-refractivity contribution in [2.45, 2.75) is 6.54 Å². The molecule has 0 aliphatic carbocycles. The Hall–Kier alpha value is -0.840. The van der Waals surface area contributed by atoms with Gasteiger partial charge in [0.05, 0.1) is 11.6 Å². The molecule has 0 unspecified atom stereocenters. The number of nitrogens with one attached hydrogen (secondary N) is 1. The summed E-state index contributed by atoms with van der Waals surface area (Å²) in [6.45, 7) is 0.915. The summed E-state index contributed by atoms with van der Waals surface area (Å²) in [6.07, 6.45) is 0. The van der Waals surface area contributed by atoms with Gasteiger partial charge in [-0.2, -0.15) is 0 Å². The van der Waals surface area contributed by atoms with Crippen LogP contribution in [0, 0.1) is 0 Å². The van der Waals surface area contributed by atoms with Gasteiger partial charge in [0.1, 0.15) is 5.75 Å². The molecule has 1 N–H and O–H groups in total. The molecule has 1 aromatic carbocycles. The Bertz CT molecular complexity index is 510. The van der Waals surface area contributed by atoms with Crippen LogP contribution in [-0.4, -0.2) is 14.2 Å². The molecular weight excluding hydrogens is 298 g/mol. The van der Waals surface area contributed by atoms with Crippen molar-refractivity contribution in [2.24, 2.45) is 0 Å². The van der Waals surface area contributed by atoms with E-state index in [2.05, 4.69) is 45.5 Å². The van der Waals surface area contributed by atoms with E-state index in [9.17, 15) is 0 Å². The number of hydrogen-bond acceptors (Lipinski definition) is 3. The molecule has 0 spiro atoms. The van der Waals surface area contributed by atoms with Crippen LogP contribution in [0.15, 0.2) is 34.8 Å². The third-order valence-corrected chi connectivity index (χ3v) is 4.24. The zero-order valence-electron chi connectivity index (χ0n) is 9.79. The minimum Gasteiger partial charge on any atom is -0.496 e. The summed E-state index contributed by atoms with van der Waals surface area (Å²) in [7, 11) is 3.65. The molecule has 0 radical (unpaired) electrons. The first kappa shape index (κ1) is 12.6. The summed E-state index contributed by atoms with van der Waals surface area (Å²) < 4.78 is 6.29. The van der Waals surface area contributed by atoms with Gasteiger partial charge in [-0.3, -0.25) is 0 Å². The molecule has 4 heteroatoms. The molecule has 90 valence electrons. The smallest absolute Gasteiger partial charge is 0.133 e. The van der Waals surface area contributed by atoms with E-state index in [0.717, 1.165) is 16.8 Å². The first-order valence-corrected chi connectivity index (χ1v) is 6.92. The van der Waals surface area contributed by atoms with Gasteiger partial charge in [0.2, 0.25) is 0 Å². The van der Waals surface area contributed by atoms with Crippen LogP contribution < -0.4 is 10.1 Å². The standard InChI is InChI=1S/C13H14BrNOS/c1-15-8-10-4-6-13(17-10)9-3-5-11(14)12(7-9)16-2/h3-7,15H,8H2,1-2H3. The second kappa shape index (κ2) is 5.67. The van der Waals surface area contributed by atoms with E-state index in [1.165, 1.54) is 15.3 Å². The minimum atomic E-state index is 0.867. The highest BCUT2D eigenvalue weighted by molar-refractivity contribution is 9.10. The Morgan fingerprint density at radius 3 is 2.82 bits per heavy atom. The summed E-state index contributed by atoms with van der Waals surface area (Å²) >= 11 is 5.26. The van der Waals surface area contributed by atoms with Crippen LogP contribution in [0.3, 0.4) is 0 Å². The lowest BCUT2D eigenvalue weighted by Crippen LogP contribution is -2.02. The second-order valence-corrected chi connectivity index (χ2v) is 5.67. The van der Waals surface area contributed by atoms with Gasteiger partial charge in [0, 0.05) is 16.3 Å². The van der Waals surface area contributed by atoms with E-state index in [4.69, 9.17) is 4.74 Å². The third-order valence-electron chi connectivity index (χ3n) is 2.45. The molecule has 0 saturated heterocycles. The lowest BCUT2D eigenvalue weighted by molar-refractivity contribution is 0.412. The van der Waals surface area contributed by atoms with Crippen molar-refractivity contribution in [2.75, 3.05) is 14.2 Å². The quantitative estimate of drug-likeness (QED) is 0.924. The highest BCUT2D eigenvalue weighted by Crippen LogP contribution is 2.34. The monoisotopic (exact) mass is 311 g/mol. The van der Waals surface area contributed by atoms with E-state index < -0.39 is 0 Å². The molecule has 0 aliphatic heterocycles. The van der Waals surface area contributed by atoms with Crippen LogP contribution in [-0.2, 0) is 6.54 Å². The predicted molar refractivity (Wildman–Crippen MR) is 76.8 cm³/mol. The maximum atomic E-state index is 5.31. The van der Waals surface area contributed by atoms with Crippen LogP contribution in [0.1, 0.15) is 4.88 Å². The third kappa shape index (κ3) is 2.89. The summed E-state index contributed by atoms with van der Waals surface area (Å²) in [5, 5.41) is 3.16. The van der Waals surface area contributed by atoms with Gasteiger partial charge < -0.3 is 10.1 Å². The van der Waals surface area contributed by atoms with Gasteiger partial charge in [-0.1, -0.05) is 6.07 Å². The summed E-state index contributed by atoms with van der Waals surface area (Å²) in [4.78, 5) is 2.60. The number of halogens is 1. The second-order valence-electron chi connectivity index (χ2n) is 3.65. The summed E-state index contributed by atoms with van der Waals surface area (Å²) in [5.74, 6) is 0.867. The Morgan fingerprint density at radius 1 is 1.29 bits per heavy atom. The van der Waals surface area contributed by atoms with Gasteiger partial charge >= 0.3 is 0 Å². The number of hydrogen-bond donors (Lipinski definition) is 1. The molecule has 0 atom stereocenters. The van der Waals surface area contributed by atoms with Crippen molar-refractivity contribution in [1.82, 2.24) is 5.32 Å². The first-order chi connectivity index (χ1) is 8.24. The van der Waals surface area contributed by atoms with Crippen LogP contribution in [0.4, 0.5) is 0 Å². The van der Waals surface area contributed by atoms with E-state index >= 15 is 0 Å². The molecule has 2 aromatic rings. The van der Waals surface area contributed by atoms with Crippen LogP contribution >= 0.6 is 27.3 Å². The Labute approximate surface area is 114 Å². The zero-order chi connectivity index (χ0) is 12.3. The summed E-state index contributed by atoms with van der Waals surface area (Å²) in [6, 6.07) is 10.5. The fraction of sp³-hybridized carbons (Fsp3) is 0.231. The zero-order valence-corrected chi connectivity index (χ0v) is 12.2. The van der Waals surface area contributed by atoms with Gasteiger partial charge in [0.25, 0.3) is 0 Å². The average Bonchev–Trinajstić information content (AvgIpc) is 2.79. The van der Waals surface area contributed by atoms with Gasteiger partial charge in [-0.25, -0.2) is 0 Å². The van der Waals surface area contributed by atoms with Crippen LogP contribution in [0.25, 0.3) is 10.4 Å². The maximum absolute atomic E-state index is 5.31. The largest absolute Gasteiger partial charge is 0.496 e. The molecule has 0 fully saturated rings. The number of methoxy groups -OCH3 is 1. The van der Waals surface area contributed by atoms with Gasteiger partial charge in [0.15, 0.2) is 0 Å². The molecule has 0 amide bonds. The van der Waals surface area contributed by atoms with Crippen molar-refractivity contribution in [1.29, 1.82) is 0 Å². The minimum absolute atomic E-state index is 0.867. The normalized spacial score (nSPS) is 10.5. The Morgan fingerprint density at radius 2 is 2.12 bits per heavy atom. The lowest BCUT2D eigenvalue weighted by Gasteiger charge is -2.05. The number of benzene rings is 1. The van der Waals surface area contributed by atoms with E-state index in [1.54, 1.807) is 18.4 Å². The maximum Gasteiger partial charge on any atom is 0.133 e. The molecule has 0 saturated carbocycles. The number of ether oxygens (including phenoxy) is 1. The van der Waals surface area contributed by atoms with Gasteiger partial charge in [-0.15, -0.1) is 11.3 Å². The number of thiophene rings is 1. The van der Waals surface area contributed by atoms with Crippen molar-refractivity contribution < 1.29 is 4.74 Å².